The van der Waals surface area contributed by atoms with E-state index < -0.39 is 5.97 Å². The quantitative estimate of drug-likeness (QED) is 0.696. The van der Waals surface area contributed by atoms with Gasteiger partial charge in [-0.15, -0.1) is 0 Å². The van der Waals surface area contributed by atoms with Crippen LogP contribution in [0.15, 0.2) is 18.2 Å². The van der Waals surface area contributed by atoms with Crippen LogP contribution in [0.1, 0.15) is 15.9 Å². The topological polar surface area (TPSA) is 80.7 Å². The standard InChI is InChI=1S/C9H10O3.CO2/c1-6-3-4-7(5-8(6)10)9(11)12-2;2-1-3/h3-5,10H,1-2H3;. The van der Waals surface area contributed by atoms with Gasteiger partial charge in [0.2, 0.25) is 0 Å². The Labute approximate surface area is 86.3 Å². The first kappa shape index (κ1) is 12.9. The van der Waals surface area contributed by atoms with Gasteiger partial charge in [-0.3, -0.25) is 0 Å². The second kappa shape index (κ2) is 6.34. The lowest BCUT2D eigenvalue weighted by Gasteiger charge is -2.01. The summed E-state index contributed by atoms with van der Waals surface area (Å²) in [4.78, 5) is 27.2. The Morgan fingerprint density at radius 3 is 2.33 bits per heavy atom. The molecule has 0 aromatic heterocycles. The van der Waals surface area contributed by atoms with Crippen molar-refractivity contribution in [2.75, 3.05) is 7.11 Å². The minimum Gasteiger partial charge on any atom is -0.508 e. The van der Waals surface area contributed by atoms with E-state index in [1.165, 1.54) is 13.2 Å². The number of hydrogen-bond donors (Lipinski definition) is 1. The van der Waals surface area contributed by atoms with Gasteiger partial charge in [0.05, 0.1) is 12.7 Å². The van der Waals surface area contributed by atoms with Crippen molar-refractivity contribution in [1.82, 2.24) is 0 Å². The molecule has 0 fully saturated rings. The van der Waals surface area contributed by atoms with Crippen LogP contribution in [0.5, 0.6) is 5.75 Å². The molecule has 5 nitrogen and oxygen atoms in total. The Morgan fingerprint density at radius 1 is 1.40 bits per heavy atom. The summed E-state index contributed by atoms with van der Waals surface area (Å²) in [5.74, 6) is -0.330. The van der Waals surface area contributed by atoms with Crippen molar-refractivity contribution in [1.29, 1.82) is 0 Å². The molecule has 1 aromatic rings. The van der Waals surface area contributed by atoms with Crippen LogP contribution in [0, 0.1) is 6.92 Å². The van der Waals surface area contributed by atoms with Gasteiger partial charge in [-0.2, -0.15) is 9.59 Å². The van der Waals surface area contributed by atoms with Crippen LogP contribution in [-0.2, 0) is 14.3 Å². The van der Waals surface area contributed by atoms with Gasteiger partial charge in [0.1, 0.15) is 5.75 Å². The minimum absolute atomic E-state index is 0.109. The molecule has 0 heterocycles. The highest BCUT2D eigenvalue weighted by Gasteiger charge is 2.06. The smallest absolute Gasteiger partial charge is 0.373 e. The molecule has 15 heavy (non-hydrogen) atoms. The molecule has 1 N–H and O–H groups in total. The van der Waals surface area contributed by atoms with E-state index in [0.29, 0.717) is 5.56 Å². The van der Waals surface area contributed by atoms with Gasteiger partial charge in [0.25, 0.3) is 0 Å². The van der Waals surface area contributed by atoms with Crippen molar-refractivity contribution in [3.63, 3.8) is 0 Å². The highest BCUT2D eigenvalue weighted by molar-refractivity contribution is 5.89. The van der Waals surface area contributed by atoms with Gasteiger partial charge >= 0.3 is 12.1 Å². The normalized spacial score (nSPS) is 8.13. The van der Waals surface area contributed by atoms with Gasteiger partial charge in [-0.25, -0.2) is 4.79 Å². The summed E-state index contributed by atoms with van der Waals surface area (Å²) < 4.78 is 4.48. The second-order valence-corrected chi connectivity index (χ2v) is 2.58. The molecule has 80 valence electrons. The molecule has 0 radical (unpaired) electrons. The lowest BCUT2D eigenvalue weighted by molar-refractivity contribution is -0.191. The zero-order valence-corrected chi connectivity index (χ0v) is 8.31. The van der Waals surface area contributed by atoms with Crippen LogP contribution >= 0.6 is 0 Å². The van der Waals surface area contributed by atoms with E-state index in [1.54, 1.807) is 19.1 Å². The molecule has 0 aliphatic carbocycles. The summed E-state index contributed by atoms with van der Waals surface area (Å²) >= 11 is 0. The van der Waals surface area contributed by atoms with Crippen molar-refractivity contribution < 1.29 is 24.2 Å². The van der Waals surface area contributed by atoms with Gasteiger partial charge in [0, 0.05) is 0 Å². The molecule has 0 unspecified atom stereocenters. The summed E-state index contributed by atoms with van der Waals surface area (Å²) in [5, 5.41) is 9.24. The van der Waals surface area contributed by atoms with Crippen LogP contribution in [0.2, 0.25) is 0 Å². The van der Waals surface area contributed by atoms with Crippen molar-refractivity contribution in [2.24, 2.45) is 0 Å². The number of phenolic OH excluding ortho intramolecular Hbond substituents is 1. The van der Waals surface area contributed by atoms with E-state index in [1.807, 2.05) is 0 Å². The predicted octanol–water partition coefficient (Wildman–Crippen LogP) is 0.904. The molecule has 0 bridgehead atoms. The third kappa shape index (κ3) is 4.06. The molecule has 0 aliphatic heterocycles. The molecule has 0 aliphatic rings. The highest BCUT2D eigenvalue weighted by Crippen LogP contribution is 2.17. The van der Waals surface area contributed by atoms with E-state index in [9.17, 15) is 9.90 Å². The van der Waals surface area contributed by atoms with Crippen LogP contribution < -0.4 is 0 Å². The number of benzene rings is 1. The molecule has 5 heteroatoms. The number of phenols is 1. The van der Waals surface area contributed by atoms with E-state index >= 15 is 0 Å². The predicted molar refractivity (Wildman–Crippen MR) is 49.2 cm³/mol. The van der Waals surface area contributed by atoms with Gasteiger partial charge in [0.15, 0.2) is 0 Å². The number of rotatable bonds is 1. The third-order valence-corrected chi connectivity index (χ3v) is 1.63. The Kier molecular flexibility index (Phi) is 5.44. The first-order valence-electron chi connectivity index (χ1n) is 3.94. The van der Waals surface area contributed by atoms with E-state index in [-0.39, 0.29) is 11.9 Å². The zero-order valence-electron chi connectivity index (χ0n) is 8.31. The fourth-order valence-electron chi connectivity index (χ4n) is 0.854. The fraction of sp³-hybridized carbons (Fsp3) is 0.200. The fourth-order valence-corrected chi connectivity index (χ4v) is 0.854. The average molecular weight is 210 g/mol. The molecule has 1 aromatic carbocycles. The van der Waals surface area contributed by atoms with Crippen molar-refractivity contribution in [2.45, 2.75) is 6.92 Å². The first-order valence-corrected chi connectivity index (χ1v) is 3.94. The number of methoxy groups -OCH3 is 1. The molecule has 0 spiro atoms. The molecule has 1 rings (SSSR count). The third-order valence-electron chi connectivity index (χ3n) is 1.63. The van der Waals surface area contributed by atoms with Crippen LogP contribution in [0.4, 0.5) is 0 Å². The van der Waals surface area contributed by atoms with Crippen LogP contribution in [-0.4, -0.2) is 24.3 Å². The summed E-state index contributed by atoms with van der Waals surface area (Å²) in [7, 11) is 1.30. The van der Waals surface area contributed by atoms with Crippen molar-refractivity contribution in [3.8, 4) is 5.75 Å². The molecular formula is C10H10O5. The van der Waals surface area contributed by atoms with Crippen LogP contribution in [0.3, 0.4) is 0 Å². The zero-order chi connectivity index (χ0) is 11.8. The lowest BCUT2D eigenvalue weighted by Crippen LogP contribution is -2.00. The molecule has 0 saturated carbocycles. The Balaban J connectivity index is 0.000000583. The van der Waals surface area contributed by atoms with Crippen LogP contribution in [0.25, 0.3) is 0 Å². The largest absolute Gasteiger partial charge is 0.508 e. The lowest BCUT2D eigenvalue weighted by atomic mass is 10.1. The molecule has 0 atom stereocenters. The van der Waals surface area contributed by atoms with Crippen molar-refractivity contribution >= 4 is 12.1 Å². The highest BCUT2D eigenvalue weighted by atomic mass is 16.5. The maximum Gasteiger partial charge on any atom is 0.373 e. The Morgan fingerprint density at radius 2 is 1.93 bits per heavy atom. The second-order valence-electron chi connectivity index (χ2n) is 2.58. The van der Waals surface area contributed by atoms with Crippen molar-refractivity contribution in [3.05, 3.63) is 29.3 Å². The SMILES string of the molecule is COC(=O)c1ccc(C)c(O)c1.O=C=O. The van der Waals surface area contributed by atoms with Gasteiger partial charge in [-0.1, -0.05) is 6.07 Å². The Bertz CT molecular complexity index is 377. The summed E-state index contributed by atoms with van der Waals surface area (Å²) in [6.07, 6.45) is 0.250. The molecule has 0 amide bonds. The number of hydrogen-bond acceptors (Lipinski definition) is 5. The average Bonchev–Trinajstić information content (AvgIpc) is 2.22. The summed E-state index contributed by atoms with van der Waals surface area (Å²) in [5.41, 5.74) is 1.10. The number of esters is 1. The summed E-state index contributed by atoms with van der Waals surface area (Å²) in [6.45, 7) is 1.76. The first-order chi connectivity index (χ1) is 7.06. The molecule has 0 saturated heterocycles. The number of aromatic hydroxyl groups is 1. The number of ether oxygens (including phenoxy) is 1. The maximum absolute atomic E-state index is 10.9. The maximum atomic E-state index is 10.9. The number of carbonyl (C=O) groups is 1. The minimum atomic E-state index is -0.440. The van der Waals surface area contributed by atoms with E-state index in [4.69, 9.17) is 9.59 Å². The molecular weight excluding hydrogens is 200 g/mol. The summed E-state index contributed by atoms with van der Waals surface area (Å²) in [6, 6.07) is 4.67. The van der Waals surface area contributed by atoms with Gasteiger partial charge in [-0.05, 0) is 24.6 Å². The monoisotopic (exact) mass is 210 g/mol. The Hall–Kier alpha value is -2.13. The number of aryl methyl sites for hydroxylation is 1. The van der Waals surface area contributed by atoms with Gasteiger partial charge < -0.3 is 9.84 Å². The van der Waals surface area contributed by atoms with E-state index in [0.717, 1.165) is 5.56 Å². The number of carbonyl (C=O) groups excluding carboxylic acids is 3. The van der Waals surface area contributed by atoms with E-state index in [2.05, 4.69) is 4.74 Å².